The van der Waals surface area contributed by atoms with Crippen molar-refractivity contribution in [2.45, 2.75) is 232 Å². The molecule has 1 unspecified atom stereocenters. The Hall–Kier alpha value is -3.18. The van der Waals surface area contributed by atoms with E-state index in [0.717, 1.165) is 103 Å². The van der Waals surface area contributed by atoms with Crippen molar-refractivity contribution in [1.29, 1.82) is 0 Å². The van der Waals surface area contributed by atoms with Crippen LogP contribution < -0.4 is 0 Å². The largest absolute Gasteiger partial charge is 0.462 e. The van der Waals surface area contributed by atoms with Crippen LogP contribution in [0.5, 0.6) is 0 Å². The van der Waals surface area contributed by atoms with Gasteiger partial charge in [0.1, 0.15) is 6.61 Å². The molecule has 0 aliphatic heterocycles. The van der Waals surface area contributed by atoms with Gasteiger partial charge in [0.15, 0.2) is 6.10 Å². The normalized spacial score (nSPS) is 13.0. The van der Waals surface area contributed by atoms with Crippen molar-refractivity contribution in [2.24, 2.45) is 0 Å². The molecule has 0 N–H and O–H groups in total. The lowest BCUT2D eigenvalue weighted by Crippen LogP contribution is -2.30. The van der Waals surface area contributed by atoms with Gasteiger partial charge in [0, 0.05) is 19.4 Å². The summed E-state index contributed by atoms with van der Waals surface area (Å²) in [6.07, 6.45) is 69.9. The van der Waals surface area contributed by atoms with Gasteiger partial charge in [-0.1, -0.05) is 221 Å². The predicted molar refractivity (Wildman–Crippen MR) is 270 cm³/mol. The molecule has 0 heterocycles. The highest BCUT2D eigenvalue weighted by Crippen LogP contribution is 2.14. The Morgan fingerprint density at radius 2 is 0.742 bits per heavy atom. The van der Waals surface area contributed by atoms with Crippen LogP contribution in [0.2, 0.25) is 0 Å². The second-order valence-corrected chi connectivity index (χ2v) is 16.7. The summed E-state index contributed by atoms with van der Waals surface area (Å²) in [4.78, 5) is 25.4. The maximum Gasteiger partial charge on any atom is 0.306 e. The zero-order valence-electron chi connectivity index (χ0n) is 40.6. The van der Waals surface area contributed by atoms with Crippen LogP contribution in [0.3, 0.4) is 0 Å². The molecule has 5 nitrogen and oxygen atoms in total. The quantitative estimate of drug-likeness (QED) is 0.0347. The third-order valence-electron chi connectivity index (χ3n) is 10.6. The molecule has 62 heavy (non-hydrogen) atoms. The maximum atomic E-state index is 12.8. The highest BCUT2D eigenvalue weighted by molar-refractivity contribution is 5.70. The summed E-state index contributed by atoms with van der Waals surface area (Å²) < 4.78 is 17.3. The third-order valence-corrected chi connectivity index (χ3v) is 10.6. The predicted octanol–water partition coefficient (Wildman–Crippen LogP) is 17.5. The van der Waals surface area contributed by atoms with E-state index in [1.54, 1.807) is 0 Å². The molecule has 0 bridgehead atoms. The molecule has 0 aromatic heterocycles. The summed E-state index contributed by atoms with van der Waals surface area (Å²) in [5.74, 6) is -0.484. The molecule has 0 spiro atoms. The Labute approximate surface area is 383 Å². The number of hydrogen-bond acceptors (Lipinski definition) is 5. The Kier molecular flexibility index (Phi) is 49.5. The standard InChI is InChI=1S/C57H96O5/c1-4-7-10-13-16-19-22-25-28-29-31-32-35-38-41-44-47-50-56(58)61-54-55(53-60-52-49-46-43-40-37-34-27-24-21-18-15-12-9-6-3)62-57(59)51-48-45-42-39-36-33-30-26-23-20-17-14-11-8-5-2/h7-8,10-11,16-17,19-20,25-26,28,30-32,38,41,55H,4-6,9,12-15,18,21-24,27,29,33-37,39-40,42-54H2,1-3H3/b10-7-,11-8-,19-16-,20-17-,28-25-,30-26-,32-31-,41-38-. The minimum atomic E-state index is -0.571. The molecule has 5 heteroatoms. The fraction of sp³-hybridized carbons (Fsp3) is 0.684. The van der Waals surface area contributed by atoms with Crippen molar-refractivity contribution in [3.63, 3.8) is 0 Å². The fourth-order valence-corrected chi connectivity index (χ4v) is 6.85. The van der Waals surface area contributed by atoms with Crippen molar-refractivity contribution in [3.05, 3.63) is 97.2 Å². The van der Waals surface area contributed by atoms with Gasteiger partial charge < -0.3 is 14.2 Å². The van der Waals surface area contributed by atoms with E-state index in [9.17, 15) is 9.59 Å². The number of carbonyl (C=O) groups is 2. The zero-order chi connectivity index (χ0) is 44.9. The molecule has 0 fully saturated rings. The molecule has 0 aromatic carbocycles. The van der Waals surface area contributed by atoms with Crippen LogP contribution in [0.15, 0.2) is 97.2 Å². The first-order valence-corrected chi connectivity index (χ1v) is 25.8. The summed E-state index contributed by atoms with van der Waals surface area (Å²) in [6, 6.07) is 0. The summed E-state index contributed by atoms with van der Waals surface area (Å²) in [7, 11) is 0. The number of hydrogen-bond donors (Lipinski definition) is 0. The summed E-state index contributed by atoms with van der Waals surface area (Å²) >= 11 is 0. The Morgan fingerprint density at radius 1 is 0.371 bits per heavy atom. The highest BCUT2D eigenvalue weighted by Gasteiger charge is 2.17. The monoisotopic (exact) mass is 861 g/mol. The van der Waals surface area contributed by atoms with E-state index in [4.69, 9.17) is 14.2 Å². The van der Waals surface area contributed by atoms with Gasteiger partial charge >= 0.3 is 11.9 Å². The van der Waals surface area contributed by atoms with E-state index in [1.807, 2.05) is 0 Å². The molecule has 0 amide bonds. The number of rotatable bonds is 46. The molecule has 1 atom stereocenters. The third kappa shape index (κ3) is 49.5. The van der Waals surface area contributed by atoms with Crippen molar-refractivity contribution >= 4 is 11.9 Å². The average Bonchev–Trinajstić information content (AvgIpc) is 3.27. The van der Waals surface area contributed by atoms with Gasteiger partial charge in [-0.25, -0.2) is 0 Å². The molecule has 0 rings (SSSR count). The highest BCUT2D eigenvalue weighted by atomic mass is 16.6. The minimum absolute atomic E-state index is 0.0458. The molecule has 0 saturated heterocycles. The zero-order valence-corrected chi connectivity index (χ0v) is 40.6. The van der Waals surface area contributed by atoms with Crippen molar-refractivity contribution < 1.29 is 23.8 Å². The Balaban J connectivity index is 4.40. The van der Waals surface area contributed by atoms with Gasteiger partial charge in [-0.3, -0.25) is 9.59 Å². The molecule has 354 valence electrons. The lowest BCUT2D eigenvalue weighted by atomic mass is 10.0. The van der Waals surface area contributed by atoms with Gasteiger partial charge in [0.2, 0.25) is 0 Å². The summed E-state index contributed by atoms with van der Waals surface area (Å²) in [5, 5.41) is 0. The van der Waals surface area contributed by atoms with Crippen LogP contribution in [0.25, 0.3) is 0 Å². The average molecular weight is 861 g/mol. The van der Waals surface area contributed by atoms with Crippen LogP contribution in [0.4, 0.5) is 0 Å². The van der Waals surface area contributed by atoms with E-state index in [1.165, 1.54) is 89.9 Å². The molecular weight excluding hydrogens is 765 g/mol. The van der Waals surface area contributed by atoms with E-state index in [-0.39, 0.29) is 25.2 Å². The summed E-state index contributed by atoms with van der Waals surface area (Å²) in [5.41, 5.74) is 0. The Morgan fingerprint density at radius 3 is 1.21 bits per heavy atom. The van der Waals surface area contributed by atoms with Gasteiger partial charge in [-0.05, 0) is 89.9 Å². The first kappa shape index (κ1) is 58.8. The number of carbonyl (C=O) groups excluding carboxylic acids is 2. The van der Waals surface area contributed by atoms with Crippen molar-refractivity contribution in [3.8, 4) is 0 Å². The lowest BCUT2D eigenvalue weighted by molar-refractivity contribution is -0.163. The lowest BCUT2D eigenvalue weighted by Gasteiger charge is -2.18. The van der Waals surface area contributed by atoms with Crippen molar-refractivity contribution in [1.82, 2.24) is 0 Å². The van der Waals surface area contributed by atoms with E-state index in [2.05, 4.69) is 118 Å². The fourth-order valence-electron chi connectivity index (χ4n) is 6.85. The smallest absolute Gasteiger partial charge is 0.306 e. The molecular formula is C57H96O5. The number of unbranched alkanes of at least 4 members (excludes halogenated alkanes) is 19. The van der Waals surface area contributed by atoms with Crippen LogP contribution in [-0.4, -0.2) is 37.9 Å². The van der Waals surface area contributed by atoms with E-state index in [0.29, 0.717) is 19.4 Å². The topological polar surface area (TPSA) is 61.8 Å². The Bertz CT molecular complexity index is 1200. The molecule has 0 radical (unpaired) electrons. The second kappa shape index (κ2) is 52.2. The minimum Gasteiger partial charge on any atom is -0.462 e. The number of esters is 2. The number of allylic oxidation sites excluding steroid dienone is 16. The first-order chi connectivity index (χ1) is 30.6. The van der Waals surface area contributed by atoms with Gasteiger partial charge in [-0.2, -0.15) is 0 Å². The molecule has 0 saturated carbocycles. The first-order valence-electron chi connectivity index (χ1n) is 25.8. The van der Waals surface area contributed by atoms with Crippen LogP contribution in [0.1, 0.15) is 226 Å². The van der Waals surface area contributed by atoms with Gasteiger partial charge in [-0.15, -0.1) is 0 Å². The van der Waals surface area contributed by atoms with Crippen LogP contribution in [-0.2, 0) is 23.8 Å². The van der Waals surface area contributed by atoms with Gasteiger partial charge in [0.25, 0.3) is 0 Å². The van der Waals surface area contributed by atoms with Crippen molar-refractivity contribution in [2.75, 3.05) is 19.8 Å². The van der Waals surface area contributed by atoms with Crippen LogP contribution in [0, 0.1) is 0 Å². The van der Waals surface area contributed by atoms with E-state index < -0.39 is 6.10 Å². The molecule has 0 aromatic rings. The molecule has 0 aliphatic carbocycles. The SMILES string of the molecule is CC/C=C\C/C=C\C/C=C\C/C=C\C/C=C\CCCC(=O)OCC(COCCCCCCCCCCCCCCCC)OC(=O)CCCCCCC/C=C\C/C=C\C/C=C\CC. The summed E-state index contributed by atoms with van der Waals surface area (Å²) in [6.45, 7) is 7.53. The second-order valence-electron chi connectivity index (χ2n) is 16.7. The van der Waals surface area contributed by atoms with Crippen LogP contribution >= 0.6 is 0 Å². The van der Waals surface area contributed by atoms with Gasteiger partial charge in [0.05, 0.1) is 6.61 Å². The number of ether oxygens (including phenoxy) is 3. The van der Waals surface area contributed by atoms with E-state index >= 15 is 0 Å². The maximum absolute atomic E-state index is 12.8. The molecule has 0 aliphatic rings.